The van der Waals surface area contributed by atoms with Crippen molar-refractivity contribution in [2.45, 2.75) is 12.2 Å². The molecule has 0 unspecified atom stereocenters. The quantitative estimate of drug-likeness (QED) is 0.672. The van der Waals surface area contributed by atoms with Crippen molar-refractivity contribution in [1.82, 2.24) is 15.0 Å². The SMILES string of the molecule is CN(C)CCc1noc(CSCC#N)n1. The molecule has 0 amide bonds. The summed E-state index contributed by atoms with van der Waals surface area (Å²) >= 11 is 1.48. The Morgan fingerprint density at radius 1 is 1.53 bits per heavy atom. The predicted molar refractivity (Wildman–Crippen MR) is 58.3 cm³/mol. The molecule has 82 valence electrons. The van der Waals surface area contributed by atoms with Crippen LogP contribution in [0.3, 0.4) is 0 Å². The highest BCUT2D eigenvalue weighted by molar-refractivity contribution is 7.98. The van der Waals surface area contributed by atoms with Gasteiger partial charge in [-0.15, -0.1) is 11.8 Å². The van der Waals surface area contributed by atoms with Gasteiger partial charge < -0.3 is 9.42 Å². The molecule has 0 saturated heterocycles. The Labute approximate surface area is 93.4 Å². The molecular formula is C9H14N4OS. The van der Waals surface area contributed by atoms with Crippen LogP contribution in [-0.4, -0.2) is 41.4 Å². The van der Waals surface area contributed by atoms with Gasteiger partial charge in [-0.25, -0.2) is 0 Å². The minimum Gasteiger partial charge on any atom is -0.338 e. The first-order chi connectivity index (χ1) is 7.22. The Morgan fingerprint density at radius 3 is 3.00 bits per heavy atom. The van der Waals surface area contributed by atoms with Crippen LogP contribution in [0.15, 0.2) is 4.52 Å². The molecular weight excluding hydrogens is 212 g/mol. The molecule has 1 aromatic heterocycles. The number of hydrogen-bond acceptors (Lipinski definition) is 6. The summed E-state index contributed by atoms with van der Waals surface area (Å²) in [6.45, 7) is 0.907. The van der Waals surface area contributed by atoms with E-state index in [1.165, 1.54) is 11.8 Å². The Morgan fingerprint density at radius 2 is 2.33 bits per heavy atom. The van der Waals surface area contributed by atoms with Crippen LogP contribution < -0.4 is 0 Å². The molecule has 0 atom stereocenters. The third-order valence-electron chi connectivity index (χ3n) is 1.68. The first kappa shape index (κ1) is 12.0. The summed E-state index contributed by atoms with van der Waals surface area (Å²) in [5, 5.41) is 12.2. The highest BCUT2D eigenvalue weighted by Crippen LogP contribution is 2.09. The molecule has 0 aliphatic rings. The maximum absolute atomic E-state index is 8.35. The van der Waals surface area contributed by atoms with E-state index in [-0.39, 0.29) is 0 Å². The van der Waals surface area contributed by atoms with Gasteiger partial charge in [-0.2, -0.15) is 10.2 Å². The van der Waals surface area contributed by atoms with Gasteiger partial charge in [0.25, 0.3) is 0 Å². The monoisotopic (exact) mass is 226 g/mol. The van der Waals surface area contributed by atoms with Crippen molar-refractivity contribution >= 4 is 11.8 Å². The molecule has 0 radical (unpaired) electrons. The topological polar surface area (TPSA) is 66.0 Å². The number of nitrogens with zero attached hydrogens (tertiary/aromatic N) is 4. The van der Waals surface area contributed by atoms with Crippen molar-refractivity contribution in [2.75, 3.05) is 26.4 Å². The molecule has 0 N–H and O–H groups in total. The standard InChI is InChI=1S/C9H14N4OS/c1-13(2)5-3-8-11-9(14-12-8)7-15-6-4-10/h3,5-7H2,1-2H3. The fourth-order valence-electron chi connectivity index (χ4n) is 0.958. The van der Waals surface area contributed by atoms with Crippen LogP contribution in [0.1, 0.15) is 11.7 Å². The van der Waals surface area contributed by atoms with Crippen molar-refractivity contribution in [1.29, 1.82) is 5.26 Å². The van der Waals surface area contributed by atoms with Crippen LogP contribution in [0, 0.1) is 11.3 Å². The molecule has 0 saturated carbocycles. The zero-order chi connectivity index (χ0) is 11.1. The van der Waals surface area contributed by atoms with Crippen LogP contribution in [0.25, 0.3) is 0 Å². The van der Waals surface area contributed by atoms with Gasteiger partial charge in [-0.3, -0.25) is 0 Å². The van der Waals surface area contributed by atoms with Gasteiger partial charge >= 0.3 is 0 Å². The van der Waals surface area contributed by atoms with Crippen LogP contribution in [0.5, 0.6) is 0 Å². The molecule has 0 bridgehead atoms. The lowest BCUT2D eigenvalue weighted by Gasteiger charge is -2.05. The maximum Gasteiger partial charge on any atom is 0.236 e. The van der Waals surface area contributed by atoms with Crippen molar-refractivity contribution < 1.29 is 4.52 Å². The van der Waals surface area contributed by atoms with Crippen molar-refractivity contribution in [2.24, 2.45) is 0 Å². The number of nitriles is 1. The lowest BCUT2D eigenvalue weighted by atomic mass is 10.4. The van der Waals surface area contributed by atoms with E-state index in [2.05, 4.69) is 21.1 Å². The summed E-state index contributed by atoms with van der Waals surface area (Å²) in [5.41, 5.74) is 0. The first-order valence-electron chi connectivity index (χ1n) is 4.63. The Kier molecular flexibility index (Phi) is 5.15. The van der Waals surface area contributed by atoms with Crippen LogP contribution in [0.4, 0.5) is 0 Å². The molecule has 0 aromatic carbocycles. The van der Waals surface area contributed by atoms with Gasteiger partial charge in [0.15, 0.2) is 5.82 Å². The predicted octanol–water partition coefficient (Wildman–Crippen LogP) is 0.930. The van der Waals surface area contributed by atoms with Gasteiger partial charge in [-0.1, -0.05) is 5.16 Å². The molecule has 0 aliphatic heterocycles. The number of thioether (sulfide) groups is 1. The molecule has 0 spiro atoms. The summed E-state index contributed by atoms with van der Waals surface area (Å²) in [5.74, 6) is 2.40. The smallest absolute Gasteiger partial charge is 0.236 e. The molecule has 1 heterocycles. The minimum absolute atomic E-state index is 0.454. The van der Waals surface area contributed by atoms with E-state index in [0.717, 1.165) is 18.8 Å². The Bertz CT molecular complexity index is 331. The van der Waals surface area contributed by atoms with E-state index in [1.54, 1.807) is 0 Å². The second-order valence-corrected chi connectivity index (χ2v) is 4.29. The zero-order valence-corrected chi connectivity index (χ0v) is 9.75. The fraction of sp³-hybridized carbons (Fsp3) is 0.667. The number of hydrogen-bond donors (Lipinski definition) is 0. The lowest BCUT2D eigenvalue weighted by molar-refractivity contribution is 0.374. The molecule has 0 aliphatic carbocycles. The van der Waals surface area contributed by atoms with Crippen molar-refractivity contribution in [3.63, 3.8) is 0 Å². The van der Waals surface area contributed by atoms with E-state index in [9.17, 15) is 0 Å². The van der Waals surface area contributed by atoms with Gasteiger partial charge in [0.1, 0.15) is 0 Å². The fourth-order valence-corrected chi connectivity index (χ4v) is 1.44. The minimum atomic E-state index is 0.454. The van der Waals surface area contributed by atoms with Gasteiger partial charge in [-0.05, 0) is 14.1 Å². The highest BCUT2D eigenvalue weighted by atomic mass is 32.2. The van der Waals surface area contributed by atoms with E-state index < -0.39 is 0 Å². The average molecular weight is 226 g/mol. The van der Waals surface area contributed by atoms with Gasteiger partial charge in [0, 0.05) is 13.0 Å². The van der Waals surface area contributed by atoms with E-state index in [1.807, 2.05) is 14.1 Å². The number of likely N-dealkylation sites (N-methyl/N-ethyl adjacent to an activating group) is 1. The Hall–Kier alpha value is -1.06. The third-order valence-corrected chi connectivity index (χ3v) is 2.47. The number of rotatable bonds is 6. The van der Waals surface area contributed by atoms with Crippen LogP contribution in [-0.2, 0) is 12.2 Å². The van der Waals surface area contributed by atoms with Crippen LogP contribution in [0.2, 0.25) is 0 Å². The summed E-state index contributed by atoms with van der Waals surface area (Å²) in [7, 11) is 4.01. The van der Waals surface area contributed by atoms with Crippen molar-refractivity contribution in [3.8, 4) is 6.07 Å². The second-order valence-electron chi connectivity index (χ2n) is 3.31. The maximum atomic E-state index is 8.35. The molecule has 15 heavy (non-hydrogen) atoms. The normalized spacial score (nSPS) is 10.5. The summed E-state index contributed by atoms with van der Waals surface area (Å²) in [6.07, 6.45) is 0.791. The molecule has 0 fully saturated rings. The summed E-state index contributed by atoms with van der Waals surface area (Å²) in [6, 6.07) is 2.05. The first-order valence-corrected chi connectivity index (χ1v) is 5.78. The van der Waals surface area contributed by atoms with E-state index in [0.29, 0.717) is 17.4 Å². The van der Waals surface area contributed by atoms with E-state index >= 15 is 0 Å². The summed E-state index contributed by atoms with van der Waals surface area (Å²) in [4.78, 5) is 6.29. The Balaban J connectivity index is 2.32. The molecule has 1 aromatic rings. The van der Waals surface area contributed by atoms with Crippen molar-refractivity contribution in [3.05, 3.63) is 11.7 Å². The van der Waals surface area contributed by atoms with Gasteiger partial charge in [0.05, 0.1) is 17.6 Å². The van der Waals surface area contributed by atoms with E-state index in [4.69, 9.17) is 9.78 Å². The second kappa shape index (κ2) is 6.43. The average Bonchev–Trinajstić information content (AvgIpc) is 2.63. The molecule has 5 nitrogen and oxygen atoms in total. The zero-order valence-electron chi connectivity index (χ0n) is 8.93. The number of aromatic nitrogens is 2. The van der Waals surface area contributed by atoms with Crippen LogP contribution >= 0.6 is 11.8 Å². The van der Waals surface area contributed by atoms with Gasteiger partial charge in [0.2, 0.25) is 5.89 Å². The lowest BCUT2D eigenvalue weighted by Crippen LogP contribution is -2.15. The largest absolute Gasteiger partial charge is 0.338 e. The molecule has 6 heteroatoms. The third kappa shape index (κ3) is 4.81. The highest BCUT2D eigenvalue weighted by Gasteiger charge is 2.06. The summed E-state index contributed by atoms with van der Waals surface area (Å²) < 4.78 is 5.03. The molecule has 1 rings (SSSR count).